The highest BCUT2D eigenvalue weighted by Crippen LogP contribution is 2.17. The van der Waals surface area contributed by atoms with Gasteiger partial charge in [0.05, 0.1) is 0 Å². The molecule has 0 atom stereocenters. The minimum atomic E-state index is -3.88. The Balaban J connectivity index is 2.02. The van der Waals surface area contributed by atoms with Gasteiger partial charge in [-0.25, -0.2) is 17.5 Å². The summed E-state index contributed by atoms with van der Waals surface area (Å²) < 4.78 is 40.2. The summed E-state index contributed by atoms with van der Waals surface area (Å²) in [5.74, 6) is -0.831. The van der Waals surface area contributed by atoms with Gasteiger partial charge >= 0.3 is 0 Å². The van der Waals surface area contributed by atoms with Gasteiger partial charge in [-0.3, -0.25) is 4.90 Å². The fourth-order valence-electron chi connectivity index (χ4n) is 2.19. The maximum atomic E-state index is 13.5. The van der Waals surface area contributed by atoms with Crippen molar-refractivity contribution < 1.29 is 12.8 Å². The molecule has 0 saturated carbocycles. The second-order valence-corrected chi connectivity index (χ2v) is 6.45. The van der Waals surface area contributed by atoms with Crippen LogP contribution in [0.25, 0.3) is 0 Å². The Morgan fingerprint density at radius 1 is 1.38 bits per heavy atom. The lowest BCUT2D eigenvalue weighted by Crippen LogP contribution is -2.46. The number of nitrogens with zero attached hydrogens (tertiary/aromatic N) is 2. The average molecular weight is 312 g/mol. The third-order valence-electron chi connectivity index (χ3n) is 3.31. The van der Waals surface area contributed by atoms with Crippen LogP contribution in [0.4, 0.5) is 4.39 Å². The van der Waals surface area contributed by atoms with E-state index in [1.807, 2.05) is 0 Å². The van der Waals surface area contributed by atoms with Gasteiger partial charge in [-0.15, -0.1) is 0 Å². The monoisotopic (exact) mass is 312 g/mol. The summed E-state index contributed by atoms with van der Waals surface area (Å²) in [5, 5.41) is 12.1. The van der Waals surface area contributed by atoms with E-state index in [1.54, 1.807) is 6.07 Å². The van der Waals surface area contributed by atoms with Crippen LogP contribution in [0.1, 0.15) is 5.56 Å². The SMILES string of the molecule is N#Cc1c(F)cccc1S(=O)(=O)NCCN1CCNCC1. The molecular formula is C13H17FN4O2S. The Morgan fingerprint density at radius 2 is 2.10 bits per heavy atom. The van der Waals surface area contributed by atoms with Gasteiger partial charge in [0.2, 0.25) is 10.0 Å². The van der Waals surface area contributed by atoms with E-state index in [1.165, 1.54) is 12.1 Å². The second kappa shape index (κ2) is 6.95. The lowest BCUT2D eigenvalue weighted by atomic mass is 10.2. The molecule has 6 nitrogen and oxygen atoms in total. The topological polar surface area (TPSA) is 85.2 Å². The van der Waals surface area contributed by atoms with Gasteiger partial charge in [0.1, 0.15) is 22.3 Å². The quantitative estimate of drug-likeness (QED) is 0.792. The summed E-state index contributed by atoms with van der Waals surface area (Å²) in [6.07, 6.45) is 0. The molecule has 1 aliphatic rings. The van der Waals surface area contributed by atoms with E-state index in [4.69, 9.17) is 5.26 Å². The molecule has 0 radical (unpaired) electrons. The molecule has 2 rings (SSSR count). The Kier molecular flexibility index (Phi) is 5.25. The normalized spacial score (nSPS) is 16.6. The number of nitrogens with one attached hydrogen (secondary N) is 2. The van der Waals surface area contributed by atoms with Crippen LogP contribution in [0.5, 0.6) is 0 Å². The highest BCUT2D eigenvalue weighted by atomic mass is 32.2. The van der Waals surface area contributed by atoms with Gasteiger partial charge in [0.25, 0.3) is 0 Å². The van der Waals surface area contributed by atoms with Gasteiger partial charge < -0.3 is 5.32 Å². The first-order valence-electron chi connectivity index (χ1n) is 6.66. The Labute approximate surface area is 123 Å². The van der Waals surface area contributed by atoms with Crippen LogP contribution in [-0.4, -0.2) is 52.6 Å². The predicted octanol–water partition coefficient (Wildman–Crippen LogP) is -0.119. The zero-order valence-electron chi connectivity index (χ0n) is 11.5. The third kappa shape index (κ3) is 3.98. The summed E-state index contributed by atoms with van der Waals surface area (Å²) in [6, 6.07) is 5.17. The van der Waals surface area contributed by atoms with Crippen molar-refractivity contribution in [1.29, 1.82) is 5.26 Å². The first-order valence-corrected chi connectivity index (χ1v) is 8.14. The molecule has 21 heavy (non-hydrogen) atoms. The molecule has 1 heterocycles. The molecule has 0 unspecified atom stereocenters. The molecule has 0 aromatic heterocycles. The van der Waals surface area contributed by atoms with Crippen molar-refractivity contribution in [2.75, 3.05) is 39.3 Å². The number of sulfonamides is 1. The van der Waals surface area contributed by atoms with E-state index in [9.17, 15) is 12.8 Å². The fourth-order valence-corrected chi connectivity index (χ4v) is 3.37. The summed E-state index contributed by atoms with van der Waals surface area (Å²) in [6.45, 7) is 4.31. The van der Waals surface area contributed by atoms with Gasteiger partial charge in [-0.1, -0.05) is 6.07 Å². The van der Waals surface area contributed by atoms with Crippen LogP contribution in [-0.2, 0) is 10.0 Å². The van der Waals surface area contributed by atoms with Gasteiger partial charge in [-0.05, 0) is 12.1 Å². The van der Waals surface area contributed by atoms with Crippen molar-refractivity contribution in [3.63, 3.8) is 0 Å². The second-order valence-electron chi connectivity index (χ2n) is 4.71. The number of benzene rings is 1. The molecule has 114 valence electrons. The first kappa shape index (κ1) is 15.9. The van der Waals surface area contributed by atoms with Crippen molar-refractivity contribution in [3.05, 3.63) is 29.6 Å². The molecule has 0 amide bonds. The highest BCUT2D eigenvalue weighted by molar-refractivity contribution is 7.89. The maximum Gasteiger partial charge on any atom is 0.242 e. The Bertz CT molecular complexity index is 636. The highest BCUT2D eigenvalue weighted by Gasteiger charge is 2.21. The molecule has 1 fully saturated rings. The number of piperazine rings is 1. The lowest BCUT2D eigenvalue weighted by molar-refractivity contribution is 0.245. The van der Waals surface area contributed by atoms with Crippen LogP contribution in [0.3, 0.4) is 0 Å². The minimum Gasteiger partial charge on any atom is -0.314 e. The fraction of sp³-hybridized carbons (Fsp3) is 0.462. The van der Waals surface area contributed by atoms with Crippen LogP contribution >= 0.6 is 0 Å². The van der Waals surface area contributed by atoms with Crippen molar-refractivity contribution in [1.82, 2.24) is 14.9 Å². The molecule has 1 aliphatic heterocycles. The van der Waals surface area contributed by atoms with E-state index in [0.717, 1.165) is 32.2 Å². The molecule has 0 aliphatic carbocycles. The molecule has 1 aromatic carbocycles. The lowest BCUT2D eigenvalue weighted by Gasteiger charge is -2.27. The standard InChI is InChI=1S/C13H17FN4O2S/c14-12-2-1-3-13(11(12)10-15)21(19,20)17-6-9-18-7-4-16-5-8-18/h1-3,16-17H,4-9H2. The number of hydrogen-bond donors (Lipinski definition) is 2. The number of halogens is 1. The average Bonchev–Trinajstić information content (AvgIpc) is 2.48. The predicted molar refractivity (Wildman–Crippen MR) is 75.6 cm³/mol. The maximum absolute atomic E-state index is 13.5. The molecule has 8 heteroatoms. The van der Waals surface area contributed by atoms with E-state index in [2.05, 4.69) is 14.9 Å². The molecule has 0 bridgehead atoms. The smallest absolute Gasteiger partial charge is 0.242 e. The largest absolute Gasteiger partial charge is 0.314 e. The molecule has 1 saturated heterocycles. The van der Waals surface area contributed by atoms with Crippen LogP contribution < -0.4 is 10.0 Å². The first-order chi connectivity index (χ1) is 10.0. The van der Waals surface area contributed by atoms with Crippen molar-refractivity contribution in [3.8, 4) is 6.07 Å². The van der Waals surface area contributed by atoms with Crippen LogP contribution in [0.2, 0.25) is 0 Å². The van der Waals surface area contributed by atoms with E-state index in [-0.39, 0.29) is 11.4 Å². The molecule has 2 N–H and O–H groups in total. The summed E-state index contributed by atoms with van der Waals surface area (Å²) >= 11 is 0. The number of nitriles is 1. The van der Waals surface area contributed by atoms with Gasteiger partial charge in [0.15, 0.2) is 0 Å². The Morgan fingerprint density at radius 3 is 2.76 bits per heavy atom. The van der Waals surface area contributed by atoms with Gasteiger partial charge in [-0.2, -0.15) is 5.26 Å². The zero-order valence-corrected chi connectivity index (χ0v) is 12.3. The van der Waals surface area contributed by atoms with Crippen LogP contribution in [0, 0.1) is 17.1 Å². The van der Waals surface area contributed by atoms with E-state index in [0.29, 0.717) is 6.54 Å². The summed E-state index contributed by atoms with van der Waals surface area (Å²) in [5.41, 5.74) is -0.452. The van der Waals surface area contributed by atoms with E-state index >= 15 is 0 Å². The molecular weight excluding hydrogens is 295 g/mol. The van der Waals surface area contributed by atoms with Crippen molar-refractivity contribution >= 4 is 10.0 Å². The van der Waals surface area contributed by atoms with E-state index < -0.39 is 21.4 Å². The van der Waals surface area contributed by atoms with Crippen LogP contribution in [0.15, 0.2) is 23.1 Å². The zero-order chi connectivity index (χ0) is 15.3. The summed E-state index contributed by atoms with van der Waals surface area (Å²) in [7, 11) is -3.88. The molecule has 1 aromatic rings. The van der Waals surface area contributed by atoms with Crippen molar-refractivity contribution in [2.24, 2.45) is 0 Å². The minimum absolute atomic E-state index is 0.226. The van der Waals surface area contributed by atoms with Crippen molar-refractivity contribution in [2.45, 2.75) is 4.90 Å². The third-order valence-corrected chi connectivity index (χ3v) is 4.81. The number of rotatable bonds is 5. The number of hydrogen-bond acceptors (Lipinski definition) is 5. The Hall–Kier alpha value is -1.53. The summed E-state index contributed by atoms with van der Waals surface area (Å²) in [4.78, 5) is 1.82. The van der Waals surface area contributed by atoms with Gasteiger partial charge in [0, 0.05) is 39.3 Å². The molecule has 0 spiro atoms.